The van der Waals surface area contributed by atoms with Gasteiger partial charge >= 0.3 is 6.03 Å². The smallest absolute Gasteiger partial charge is 0.322 e. The summed E-state index contributed by atoms with van der Waals surface area (Å²) in [6, 6.07) is 23.3. The van der Waals surface area contributed by atoms with Crippen LogP contribution in [0.2, 0.25) is 0 Å². The minimum absolute atomic E-state index is 0.117. The van der Waals surface area contributed by atoms with Crippen LogP contribution in [0, 0.1) is 22.7 Å². The van der Waals surface area contributed by atoms with Crippen LogP contribution in [0.1, 0.15) is 49.3 Å². The number of unbranched alkanes of at least 4 members (excludes halogenated alkanes) is 1. The monoisotopic (exact) mass is 600 g/mol. The highest BCUT2D eigenvalue weighted by molar-refractivity contribution is 7.92. The number of nitrogens with zero attached hydrogens (tertiary/aromatic N) is 4. The third-order valence-electron chi connectivity index (χ3n) is 7.25. The molecule has 1 fully saturated rings. The topological polar surface area (TPSA) is 139 Å². The van der Waals surface area contributed by atoms with Crippen LogP contribution < -0.4 is 14.8 Å². The van der Waals surface area contributed by atoms with Crippen LogP contribution in [-0.2, 0) is 16.6 Å². The third kappa shape index (κ3) is 9.20. The lowest BCUT2D eigenvalue weighted by Crippen LogP contribution is -2.49. The Hall–Kier alpha value is -4.58. The molecule has 0 unspecified atom stereocenters. The molecule has 1 heterocycles. The zero-order valence-electron chi connectivity index (χ0n) is 24.4. The van der Waals surface area contributed by atoms with Gasteiger partial charge in [-0.25, -0.2) is 13.2 Å². The fourth-order valence-corrected chi connectivity index (χ4v) is 5.60. The molecule has 1 aliphatic heterocycles. The lowest BCUT2D eigenvalue weighted by molar-refractivity contribution is 0.122. The molecule has 4 rings (SSSR count). The highest BCUT2D eigenvalue weighted by Crippen LogP contribution is 2.25. The van der Waals surface area contributed by atoms with Gasteiger partial charge in [0.15, 0.2) is 0 Å². The van der Waals surface area contributed by atoms with E-state index in [1.54, 1.807) is 42.5 Å². The molecule has 43 heavy (non-hydrogen) atoms. The molecule has 224 valence electrons. The minimum atomic E-state index is -3.33. The first-order valence-electron chi connectivity index (χ1n) is 14.3. The van der Waals surface area contributed by atoms with Crippen LogP contribution in [0.3, 0.4) is 0 Å². The van der Waals surface area contributed by atoms with Crippen LogP contribution in [0.15, 0.2) is 66.7 Å². The molecule has 0 atom stereocenters. The Morgan fingerprint density at radius 1 is 0.953 bits per heavy atom. The number of rotatable bonds is 11. The Morgan fingerprint density at radius 2 is 1.56 bits per heavy atom. The number of urea groups is 1. The number of piperidine rings is 1. The number of carbonyl (C=O) groups excluding carboxylic acids is 1. The molecule has 0 radical (unpaired) electrons. The number of amides is 2. The zero-order chi connectivity index (χ0) is 30.8. The van der Waals surface area contributed by atoms with Crippen molar-refractivity contribution in [2.75, 3.05) is 35.9 Å². The maximum atomic E-state index is 13.3. The Balaban J connectivity index is 1.30. The van der Waals surface area contributed by atoms with Gasteiger partial charge in [0.1, 0.15) is 23.6 Å². The van der Waals surface area contributed by atoms with E-state index in [2.05, 4.69) is 21.9 Å². The largest absolute Gasteiger partial charge is 0.457 e. The van der Waals surface area contributed by atoms with Crippen molar-refractivity contribution < 1.29 is 17.9 Å². The van der Waals surface area contributed by atoms with E-state index in [9.17, 15) is 23.7 Å². The number of nitriles is 2. The number of hydrogen-bond acceptors (Lipinski definition) is 7. The summed E-state index contributed by atoms with van der Waals surface area (Å²) in [5, 5.41) is 21.4. The van der Waals surface area contributed by atoms with Crippen molar-refractivity contribution >= 4 is 27.4 Å². The van der Waals surface area contributed by atoms with E-state index in [0.717, 1.165) is 57.1 Å². The van der Waals surface area contributed by atoms with Crippen LogP contribution in [0.25, 0.3) is 0 Å². The fourth-order valence-electron chi connectivity index (χ4n) is 5.04. The number of hydrogen-bond donors (Lipinski definition) is 2. The number of sulfonamides is 1. The second-order valence-electron chi connectivity index (χ2n) is 10.6. The van der Waals surface area contributed by atoms with Crippen LogP contribution >= 0.6 is 0 Å². The standard InChI is InChI=1S/C32H36N6O4S/c1-3-4-17-38(32(39)35-28-8-7-25(21-33)26(20-28)22-34)29-15-18-37(19-16-29)23-24-5-11-30(12-6-24)42-31-13-9-27(10-14-31)36-43(2,40)41/h5-14,20,29,36H,3-4,15-19,23H2,1-2H3,(H,35,39). The summed E-state index contributed by atoms with van der Waals surface area (Å²) < 4.78 is 31.1. The molecule has 0 bridgehead atoms. The molecule has 11 heteroatoms. The van der Waals surface area contributed by atoms with Gasteiger partial charge in [-0.15, -0.1) is 0 Å². The van der Waals surface area contributed by atoms with Crippen LogP contribution in [0.5, 0.6) is 11.5 Å². The Bertz CT molecular complexity index is 1590. The lowest BCUT2D eigenvalue weighted by Gasteiger charge is -2.38. The average Bonchev–Trinajstić information content (AvgIpc) is 2.99. The van der Waals surface area contributed by atoms with Gasteiger partial charge < -0.3 is 15.0 Å². The highest BCUT2D eigenvalue weighted by atomic mass is 32.2. The number of benzene rings is 3. The van der Waals surface area contributed by atoms with E-state index in [4.69, 9.17) is 4.74 Å². The van der Waals surface area contributed by atoms with Crippen LogP contribution in [-0.4, -0.2) is 56.2 Å². The quantitative estimate of drug-likeness (QED) is 0.280. The number of ether oxygens (including phenoxy) is 1. The van der Waals surface area contributed by atoms with E-state index in [0.29, 0.717) is 29.4 Å². The first kappa shape index (κ1) is 31.4. The summed E-state index contributed by atoms with van der Waals surface area (Å²) in [4.78, 5) is 17.6. The molecule has 0 aromatic heterocycles. The maximum absolute atomic E-state index is 13.3. The molecule has 1 saturated heterocycles. The van der Waals surface area contributed by atoms with E-state index in [1.807, 2.05) is 41.3 Å². The molecule has 1 aliphatic rings. The number of carbonyl (C=O) groups is 1. The van der Waals surface area contributed by atoms with Gasteiger partial charge in [0, 0.05) is 43.6 Å². The molecule has 2 N–H and O–H groups in total. The highest BCUT2D eigenvalue weighted by Gasteiger charge is 2.28. The van der Waals surface area contributed by atoms with Gasteiger partial charge in [0.05, 0.1) is 17.4 Å². The van der Waals surface area contributed by atoms with Crippen molar-refractivity contribution in [1.82, 2.24) is 9.80 Å². The SMILES string of the molecule is CCCCN(C(=O)Nc1ccc(C#N)c(C#N)c1)C1CCN(Cc2ccc(Oc3ccc(NS(C)(=O)=O)cc3)cc2)CC1. The van der Waals surface area contributed by atoms with Crippen molar-refractivity contribution in [2.45, 2.75) is 45.2 Å². The molecule has 3 aromatic rings. The predicted octanol–water partition coefficient (Wildman–Crippen LogP) is 5.89. The molecule has 10 nitrogen and oxygen atoms in total. The lowest BCUT2D eigenvalue weighted by atomic mass is 10.0. The van der Waals surface area contributed by atoms with Gasteiger partial charge in [-0.3, -0.25) is 9.62 Å². The molecule has 2 amide bonds. The van der Waals surface area contributed by atoms with Crippen LogP contribution in [0.4, 0.5) is 16.2 Å². The minimum Gasteiger partial charge on any atom is -0.457 e. The number of nitrogens with one attached hydrogen (secondary N) is 2. The second kappa shape index (κ2) is 14.5. The van der Waals surface area contributed by atoms with Gasteiger partial charge in [0.25, 0.3) is 0 Å². The summed E-state index contributed by atoms with van der Waals surface area (Å²) in [5.41, 5.74) is 2.67. The second-order valence-corrected chi connectivity index (χ2v) is 12.4. The molecular weight excluding hydrogens is 564 g/mol. The summed E-state index contributed by atoms with van der Waals surface area (Å²) in [7, 11) is -3.33. The van der Waals surface area contributed by atoms with E-state index in [1.165, 1.54) is 0 Å². The van der Waals surface area contributed by atoms with Gasteiger partial charge in [0.2, 0.25) is 10.0 Å². The van der Waals surface area contributed by atoms with E-state index < -0.39 is 10.0 Å². The third-order valence-corrected chi connectivity index (χ3v) is 7.85. The Labute approximate surface area is 253 Å². The number of anilines is 2. The molecule has 0 aliphatic carbocycles. The first-order chi connectivity index (χ1) is 20.7. The Kier molecular flexibility index (Phi) is 10.6. The van der Waals surface area contributed by atoms with Crippen molar-refractivity contribution in [3.8, 4) is 23.6 Å². The summed E-state index contributed by atoms with van der Waals surface area (Å²) in [6.45, 7) is 5.28. The molecular formula is C32H36N6O4S. The summed E-state index contributed by atoms with van der Waals surface area (Å²) in [5.74, 6) is 1.29. The van der Waals surface area contributed by atoms with Crippen molar-refractivity contribution in [2.24, 2.45) is 0 Å². The molecule has 0 spiro atoms. The van der Waals surface area contributed by atoms with Gasteiger partial charge in [-0.05, 0) is 79.4 Å². The average molecular weight is 601 g/mol. The Morgan fingerprint density at radius 3 is 2.14 bits per heavy atom. The van der Waals surface area contributed by atoms with Crippen molar-refractivity contribution in [3.05, 3.63) is 83.4 Å². The predicted molar refractivity (Wildman–Crippen MR) is 166 cm³/mol. The molecule has 0 saturated carbocycles. The van der Waals surface area contributed by atoms with E-state index in [-0.39, 0.29) is 23.2 Å². The normalized spacial score (nSPS) is 13.9. The van der Waals surface area contributed by atoms with Gasteiger partial charge in [-0.1, -0.05) is 25.5 Å². The van der Waals surface area contributed by atoms with E-state index >= 15 is 0 Å². The first-order valence-corrected chi connectivity index (χ1v) is 16.2. The fraction of sp³-hybridized carbons (Fsp3) is 0.344. The number of likely N-dealkylation sites (tertiary alicyclic amines) is 1. The van der Waals surface area contributed by atoms with Gasteiger partial charge in [-0.2, -0.15) is 10.5 Å². The zero-order valence-corrected chi connectivity index (χ0v) is 25.2. The van der Waals surface area contributed by atoms with Crippen molar-refractivity contribution in [3.63, 3.8) is 0 Å². The maximum Gasteiger partial charge on any atom is 0.322 e. The summed E-state index contributed by atoms with van der Waals surface area (Å²) in [6.07, 6.45) is 4.71. The van der Waals surface area contributed by atoms with Crippen molar-refractivity contribution in [1.29, 1.82) is 10.5 Å². The summed E-state index contributed by atoms with van der Waals surface area (Å²) >= 11 is 0. The molecule has 3 aromatic carbocycles.